The van der Waals surface area contributed by atoms with Gasteiger partial charge in [-0.2, -0.15) is 0 Å². The van der Waals surface area contributed by atoms with E-state index in [0.717, 1.165) is 39.0 Å². The molecule has 0 bridgehead atoms. The molecule has 0 N–H and O–H groups in total. The van der Waals surface area contributed by atoms with E-state index in [1.807, 2.05) is 12.5 Å². The van der Waals surface area contributed by atoms with Crippen LogP contribution in [0, 0.1) is 5.92 Å². The average Bonchev–Trinajstić information content (AvgIpc) is 2.89. The van der Waals surface area contributed by atoms with E-state index in [9.17, 15) is 4.79 Å². The van der Waals surface area contributed by atoms with Crippen LogP contribution in [0.5, 0.6) is 0 Å². The number of nitrogens with zero attached hydrogens (tertiary/aromatic N) is 3. The topological polar surface area (TPSA) is 47.4 Å². The van der Waals surface area contributed by atoms with Gasteiger partial charge in [-0.15, -0.1) is 0 Å². The number of hydrogen-bond acceptors (Lipinski definition) is 4. The molecule has 1 unspecified atom stereocenters. The van der Waals surface area contributed by atoms with Crippen LogP contribution in [0.2, 0.25) is 0 Å². The van der Waals surface area contributed by atoms with Crippen LogP contribution < -0.4 is 0 Å². The molecule has 0 radical (unpaired) electrons. The maximum Gasteiger partial charge on any atom is 0.309 e. The summed E-state index contributed by atoms with van der Waals surface area (Å²) in [5, 5.41) is 0. The van der Waals surface area contributed by atoms with Crippen LogP contribution in [0.15, 0.2) is 18.7 Å². The quantitative estimate of drug-likeness (QED) is 0.726. The van der Waals surface area contributed by atoms with Crippen molar-refractivity contribution in [1.82, 2.24) is 14.5 Å². The van der Waals surface area contributed by atoms with Crippen molar-refractivity contribution in [1.29, 1.82) is 0 Å². The van der Waals surface area contributed by atoms with Crippen molar-refractivity contribution in [2.24, 2.45) is 5.92 Å². The van der Waals surface area contributed by atoms with Gasteiger partial charge in [0, 0.05) is 32.0 Å². The summed E-state index contributed by atoms with van der Waals surface area (Å²) < 4.78 is 6.86. The van der Waals surface area contributed by atoms with E-state index < -0.39 is 0 Å². The fraction of sp³-hybridized carbons (Fsp3) is 0.667. The van der Waals surface area contributed by atoms with Crippen LogP contribution in [0.3, 0.4) is 0 Å². The van der Waals surface area contributed by atoms with Crippen molar-refractivity contribution in [2.45, 2.75) is 19.4 Å². The van der Waals surface area contributed by atoms with E-state index in [2.05, 4.69) is 14.5 Å². The summed E-state index contributed by atoms with van der Waals surface area (Å²) in [6.45, 7) is 3.78. The normalized spacial score (nSPS) is 21.4. The predicted molar refractivity (Wildman–Crippen MR) is 63.4 cm³/mol. The number of hydrogen-bond donors (Lipinski definition) is 0. The first-order chi connectivity index (χ1) is 8.29. The predicted octanol–water partition coefficient (Wildman–Crippen LogP) is 0.768. The van der Waals surface area contributed by atoms with Gasteiger partial charge in [-0.25, -0.2) is 4.98 Å². The SMILES string of the molecule is COC(=O)C1CCCN(CCn2ccnc2)C1. The van der Waals surface area contributed by atoms with Crippen LogP contribution in [-0.2, 0) is 16.1 Å². The Kier molecular flexibility index (Phi) is 4.14. The number of likely N-dealkylation sites (tertiary alicyclic amines) is 1. The number of esters is 1. The molecule has 0 spiro atoms. The molecule has 5 heteroatoms. The van der Waals surface area contributed by atoms with Gasteiger partial charge in [0.2, 0.25) is 0 Å². The molecular weight excluding hydrogens is 218 g/mol. The fourth-order valence-corrected chi connectivity index (χ4v) is 2.29. The highest BCUT2D eigenvalue weighted by Gasteiger charge is 2.25. The summed E-state index contributed by atoms with van der Waals surface area (Å²) in [6, 6.07) is 0. The molecule has 1 atom stereocenters. The Hall–Kier alpha value is -1.36. The van der Waals surface area contributed by atoms with Gasteiger partial charge in [-0.1, -0.05) is 0 Å². The van der Waals surface area contributed by atoms with E-state index in [1.54, 1.807) is 6.20 Å². The van der Waals surface area contributed by atoms with Gasteiger partial charge < -0.3 is 14.2 Å². The van der Waals surface area contributed by atoms with Gasteiger partial charge in [0.15, 0.2) is 0 Å². The monoisotopic (exact) mass is 237 g/mol. The van der Waals surface area contributed by atoms with E-state index in [-0.39, 0.29) is 11.9 Å². The zero-order valence-corrected chi connectivity index (χ0v) is 10.2. The summed E-state index contributed by atoms with van der Waals surface area (Å²) in [7, 11) is 1.47. The third kappa shape index (κ3) is 3.30. The minimum atomic E-state index is -0.0719. The summed E-state index contributed by atoms with van der Waals surface area (Å²) in [6.07, 6.45) is 7.59. The van der Waals surface area contributed by atoms with Crippen molar-refractivity contribution in [3.8, 4) is 0 Å². The number of carbonyl (C=O) groups excluding carboxylic acids is 1. The Balaban J connectivity index is 1.79. The Labute approximate surface area is 101 Å². The van der Waals surface area contributed by atoms with Crippen LogP contribution in [-0.4, -0.2) is 47.2 Å². The number of aromatic nitrogens is 2. The zero-order valence-electron chi connectivity index (χ0n) is 10.2. The molecular formula is C12H19N3O2. The number of carbonyl (C=O) groups is 1. The molecule has 2 heterocycles. The summed E-state index contributed by atoms with van der Waals surface area (Å²) in [5.74, 6) is -0.0196. The number of ether oxygens (including phenoxy) is 1. The molecule has 1 fully saturated rings. The molecule has 1 aliphatic rings. The lowest BCUT2D eigenvalue weighted by Crippen LogP contribution is -2.40. The van der Waals surface area contributed by atoms with Crippen molar-refractivity contribution in [3.05, 3.63) is 18.7 Å². The second-order valence-corrected chi connectivity index (χ2v) is 4.46. The maximum atomic E-state index is 11.5. The molecule has 0 saturated carbocycles. The molecule has 0 aromatic carbocycles. The van der Waals surface area contributed by atoms with Gasteiger partial charge in [0.05, 0.1) is 19.4 Å². The third-order valence-corrected chi connectivity index (χ3v) is 3.27. The number of piperidine rings is 1. The Morgan fingerprint density at radius 3 is 3.12 bits per heavy atom. The molecule has 1 aromatic heterocycles. The molecule has 0 amide bonds. The van der Waals surface area contributed by atoms with Crippen LogP contribution in [0.4, 0.5) is 0 Å². The first kappa shape index (κ1) is 12.1. The first-order valence-corrected chi connectivity index (χ1v) is 6.05. The van der Waals surface area contributed by atoms with Crippen molar-refractivity contribution >= 4 is 5.97 Å². The molecule has 5 nitrogen and oxygen atoms in total. The largest absolute Gasteiger partial charge is 0.469 e. The summed E-state index contributed by atoms with van der Waals surface area (Å²) in [4.78, 5) is 17.8. The Morgan fingerprint density at radius 2 is 2.41 bits per heavy atom. The van der Waals surface area contributed by atoms with Crippen LogP contribution >= 0.6 is 0 Å². The minimum absolute atomic E-state index is 0.0523. The van der Waals surface area contributed by atoms with Crippen LogP contribution in [0.25, 0.3) is 0 Å². The highest BCUT2D eigenvalue weighted by atomic mass is 16.5. The summed E-state index contributed by atoms with van der Waals surface area (Å²) in [5.41, 5.74) is 0. The van der Waals surface area contributed by atoms with Gasteiger partial charge in [-0.3, -0.25) is 4.79 Å². The second kappa shape index (κ2) is 5.82. The minimum Gasteiger partial charge on any atom is -0.469 e. The Bertz CT molecular complexity index is 351. The average molecular weight is 237 g/mol. The van der Waals surface area contributed by atoms with Gasteiger partial charge in [0.1, 0.15) is 0 Å². The molecule has 17 heavy (non-hydrogen) atoms. The van der Waals surface area contributed by atoms with E-state index >= 15 is 0 Å². The maximum absolute atomic E-state index is 11.5. The zero-order chi connectivity index (χ0) is 12.1. The lowest BCUT2D eigenvalue weighted by molar-refractivity contribution is -0.147. The van der Waals surface area contributed by atoms with Crippen LogP contribution in [0.1, 0.15) is 12.8 Å². The standard InChI is InChI=1S/C12H19N3O2/c1-17-12(16)11-3-2-5-14(9-11)7-8-15-6-4-13-10-15/h4,6,10-11H,2-3,5,7-9H2,1H3. The lowest BCUT2D eigenvalue weighted by Gasteiger charge is -2.31. The number of rotatable bonds is 4. The smallest absolute Gasteiger partial charge is 0.309 e. The van der Waals surface area contributed by atoms with E-state index in [0.29, 0.717) is 0 Å². The first-order valence-electron chi connectivity index (χ1n) is 6.05. The van der Waals surface area contributed by atoms with Gasteiger partial charge in [0.25, 0.3) is 0 Å². The summed E-state index contributed by atoms with van der Waals surface area (Å²) >= 11 is 0. The molecule has 1 saturated heterocycles. The van der Waals surface area contributed by atoms with E-state index in [4.69, 9.17) is 4.74 Å². The molecule has 0 aliphatic carbocycles. The number of imidazole rings is 1. The van der Waals surface area contributed by atoms with Gasteiger partial charge >= 0.3 is 5.97 Å². The van der Waals surface area contributed by atoms with Crippen molar-refractivity contribution in [3.63, 3.8) is 0 Å². The molecule has 1 aliphatic heterocycles. The highest BCUT2D eigenvalue weighted by molar-refractivity contribution is 5.72. The molecule has 1 aromatic rings. The molecule has 94 valence electrons. The number of methoxy groups -OCH3 is 1. The molecule has 2 rings (SSSR count). The van der Waals surface area contributed by atoms with Gasteiger partial charge in [-0.05, 0) is 19.4 Å². The van der Waals surface area contributed by atoms with E-state index in [1.165, 1.54) is 7.11 Å². The van der Waals surface area contributed by atoms with Crippen molar-refractivity contribution in [2.75, 3.05) is 26.7 Å². The fourth-order valence-electron chi connectivity index (χ4n) is 2.29. The second-order valence-electron chi connectivity index (χ2n) is 4.46. The highest BCUT2D eigenvalue weighted by Crippen LogP contribution is 2.17. The third-order valence-electron chi connectivity index (χ3n) is 3.27. The lowest BCUT2D eigenvalue weighted by atomic mass is 9.98. The van der Waals surface area contributed by atoms with Crippen molar-refractivity contribution < 1.29 is 9.53 Å². The Morgan fingerprint density at radius 1 is 1.53 bits per heavy atom.